The first-order chi connectivity index (χ1) is 29.2. The second-order valence-electron chi connectivity index (χ2n) is 17.3. The summed E-state index contributed by atoms with van der Waals surface area (Å²) in [6.07, 6.45) is 7.76. The number of fused-ring (bicyclic) bond motifs is 3. The number of urea groups is 1. The van der Waals surface area contributed by atoms with Crippen LogP contribution >= 0.6 is 11.3 Å². The van der Waals surface area contributed by atoms with Crippen molar-refractivity contribution in [3.05, 3.63) is 77.3 Å². The van der Waals surface area contributed by atoms with E-state index in [0.29, 0.717) is 54.4 Å². The van der Waals surface area contributed by atoms with E-state index in [9.17, 15) is 22.8 Å². The van der Waals surface area contributed by atoms with E-state index in [4.69, 9.17) is 24.2 Å². The van der Waals surface area contributed by atoms with E-state index < -0.39 is 50.2 Å². The van der Waals surface area contributed by atoms with Gasteiger partial charge in [-0.05, 0) is 81.2 Å². The second kappa shape index (κ2) is 16.9. The summed E-state index contributed by atoms with van der Waals surface area (Å²) in [6, 6.07) is 13.6. The number of nitrogens with one attached hydrogen (secondary N) is 2. The largest absolute Gasteiger partial charge is 0.497 e. The summed E-state index contributed by atoms with van der Waals surface area (Å²) in [4.78, 5) is 56.8. The molecule has 14 nitrogen and oxygen atoms in total. The molecule has 2 saturated carbocycles. The maximum absolute atomic E-state index is 14.9. The van der Waals surface area contributed by atoms with E-state index in [1.165, 1.54) is 11.3 Å². The molecular weight excluding hydrogens is 817 g/mol. The SMILES string of the molecule is COc1ccc(CN2CCCCC/C=C/C3CC3(C(=O)NS(=O)(=O)C3(C)CC3)NC(=O)C3CC(Oc4cc(-c5nc(C(C)C)cs5)nc5cc(OC)ccc45)CN3C2=O)cc1. The molecule has 4 heterocycles. The monoisotopic (exact) mass is 870 g/mol. The Kier molecular flexibility index (Phi) is 11.8. The van der Waals surface area contributed by atoms with Crippen LogP contribution in [0.15, 0.2) is 66.1 Å². The van der Waals surface area contributed by atoms with E-state index >= 15 is 0 Å². The molecule has 0 bridgehead atoms. The minimum atomic E-state index is -3.98. The van der Waals surface area contributed by atoms with Crippen molar-refractivity contribution in [1.29, 1.82) is 0 Å². The topological polar surface area (TPSA) is 169 Å². The standard InChI is InChI=1S/C45H54N6O8S2/c1-28(2)37-27-60-41(47-37)36-23-39(34-17-16-32(58-5)21-35(34)46-36)59-33-22-38-40(52)48-45(42(53)49-61(55,56)44(3)18-19-44)24-30(45)11-9-7-6-8-10-20-50(43(54)51(38)26-33)25-29-12-14-31(57-4)15-13-29/h9,11-17,21,23,27-28,30,33,38H,6-8,10,18-20,22,24-26H2,1-5H3,(H,48,52)(H,49,53)/b11-9+. The average Bonchev–Trinajstić information content (AvgIpc) is 4.02. The van der Waals surface area contributed by atoms with E-state index in [2.05, 4.69) is 23.9 Å². The number of rotatable bonds is 11. The van der Waals surface area contributed by atoms with Crippen LogP contribution in [-0.2, 0) is 26.2 Å². The van der Waals surface area contributed by atoms with E-state index in [1.54, 1.807) is 30.9 Å². The summed E-state index contributed by atoms with van der Waals surface area (Å²) in [6.45, 7) is 6.63. The lowest BCUT2D eigenvalue weighted by Crippen LogP contribution is -2.58. The summed E-state index contributed by atoms with van der Waals surface area (Å²) in [5.41, 5.74) is 1.63. The highest BCUT2D eigenvalue weighted by atomic mass is 32.2. The minimum Gasteiger partial charge on any atom is -0.497 e. The van der Waals surface area contributed by atoms with Crippen molar-refractivity contribution in [2.75, 3.05) is 27.3 Å². The quantitative estimate of drug-likeness (QED) is 0.151. The highest BCUT2D eigenvalue weighted by Gasteiger charge is 2.63. The summed E-state index contributed by atoms with van der Waals surface area (Å²) in [5, 5.41) is 6.47. The number of methoxy groups -OCH3 is 2. The molecule has 4 unspecified atom stereocenters. The van der Waals surface area contributed by atoms with Gasteiger partial charge in [0.25, 0.3) is 5.91 Å². The zero-order chi connectivity index (χ0) is 43.1. The van der Waals surface area contributed by atoms with Crippen molar-refractivity contribution >= 4 is 50.1 Å². The number of hydrogen-bond donors (Lipinski definition) is 2. The maximum atomic E-state index is 14.9. The van der Waals surface area contributed by atoms with Crippen LogP contribution in [0, 0.1) is 5.92 Å². The van der Waals surface area contributed by atoms with Crippen molar-refractivity contribution < 1.29 is 37.0 Å². The highest BCUT2D eigenvalue weighted by molar-refractivity contribution is 7.91. The molecule has 2 aliphatic heterocycles. The Hall–Kier alpha value is -5.22. The van der Waals surface area contributed by atoms with Crippen LogP contribution in [0.2, 0.25) is 0 Å². The van der Waals surface area contributed by atoms with Gasteiger partial charge < -0.3 is 29.3 Å². The van der Waals surface area contributed by atoms with E-state index in [-0.39, 0.29) is 31.3 Å². The normalized spacial score (nSPS) is 24.5. The smallest absolute Gasteiger partial charge is 0.321 e. The summed E-state index contributed by atoms with van der Waals surface area (Å²) in [5.74, 6) is 0.362. The summed E-state index contributed by atoms with van der Waals surface area (Å²) < 4.78 is 45.6. The Morgan fingerprint density at radius 2 is 1.77 bits per heavy atom. The lowest BCUT2D eigenvalue weighted by molar-refractivity contribution is -0.131. The average molecular weight is 871 g/mol. The molecule has 324 valence electrons. The molecule has 4 atom stereocenters. The molecule has 61 heavy (non-hydrogen) atoms. The summed E-state index contributed by atoms with van der Waals surface area (Å²) >= 11 is 1.50. The molecule has 4 aromatic rings. The molecule has 16 heteroatoms. The summed E-state index contributed by atoms with van der Waals surface area (Å²) in [7, 11) is -0.783. The molecule has 0 spiro atoms. The lowest BCUT2D eigenvalue weighted by Gasteiger charge is -2.32. The molecule has 4 aliphatic rings. The van der Waals surface area contributed by atoms with Crippen LogP contribution in [-0.4, -0.2) is 95.8 Å². The molecule has 2 aromatic carbocycles. The molecule has 2 N–H and O–H groups in total. The van der Waals surface area contributed by atoms with Crippen molar-refractivity contribution in [2.45, 2.75) is 107 Å². The van der Waals surface area contributed by atoms with Crippen molar-refractivity contribution in [3.63, 3.8) is 0 Å². The first-order valence-corrected chi connectivity index (χ1v) is 23.4. The fourth-order valence-electron chi connectivity index (χ4n) is 8.15. The Bertz CT molecular complexity index is 2450. The van der Waals surface area contributed by atoms with Crippen LogP contribution in [0.3, 0.4) is 0 Å². The third-order valence-electron chi connectivity index (χ3n) is 12.5. The van der Waals surface area contributed by atoms with Crippen LogP contribution in [0.25, 0.3) is 21.6 Å². The molecule has 2 aromatic heterocycles. The van der Waals surface area contributed by atoms with Gasteiger partial charge in [-0.2, -0.15) is 0 Å². The first-order valence-electron chi connectivity index (χ1n) is 21.1. The number of benzene rings is 2. The number of carbonyl (C=O) groups is 3. The third-order valence-corrected chi connectivity index (χ3v) is 15.5. The highest BCUT2D eigenvalue weighted by Crippen LogP contribution is 2.48. The number of pyridine rings is 1. The van der Waals surface area contributed by atoms with Gasteiger partial charge in [0.05, 0.1) is 36.7 Å². The Morgan fingerprint density at radius 3 is 2.48 bits per heavy atom. The van der Waals surface area contributed by atoms with E-state index in [0.717, 1.165) is 47.3 Å². The van der Waals surface area contributed by atoms with Gasteiger partial charge in [0.1, 0.15) is 45.6 Å². The van der Waals surface area contributed by atoms with Gasteiger partial charge >= 0.3 is 6.03 Å². The molecule has 0 radical (unpaired) electrons. The number of aromatic nitrogens is 2. The zero-order valence-corrected chi connectivity index (χ0v) is 36.9. The number of amides is 4. The lowest BCUT2D eigenvalue weighted by atomic mass is 10.1. The molecule has 1 saturated heterocycles. The number of sulfonamides is 1. The molecule has 8 rings (SSSR count). The number of nitrogens with zero attached hydrogens (tertiary/aromatic N) is 4. The Morgan fingerprint density at radius 1 is 1.02 bits per heavy atom. The van der Waals surface area contributed by atoms with Crippen molar-refractivity contribution in [1.82, 2.24) is 29.8 Å². The molecule has 4 amide bonds. The zero-order valence-electron chi connectivity index (χ0n) is 35.3. The number of ether oxygens (including phenoxy) is 3. The number of allylic oxidation sites excluding steroid dienone is 1. The number of thiazole rings is 1. The minimum absolute atomic E-state index is 0.0787. The third kappa shape index (κ3) is 8.79. The van der Waals surface area contributed by atoms with Gasteiger partial charge in [-0.3, -0.25) is 14.3 Å². The molecule has 3 fully saturated rings. The molecular formula is C45H54N6O8S2. The number of hydrogen-bond acceptors (Lipinski definition) is 11. The number of carbonyl (C=O) groups excluding carboxylic acids is 3. The van der Waals surface area contributed by atoms with Crippen LogP contribution < -0.4 is 24.2 Å². The van der Waals surface area contributed by atoms with Crippen LogP contribution in [0.5, 0.6) is 17.2 Å². The predicted octanol–water partition coefficient (Wildman–Crippen LogP) is 6.95. The Labute approximate surface area is 361 Å². The van der Waals surface area contributed by atoms with Gasteiger partial charge in [-0.1, -0.05) is 44.6 Å². The van der Waals surface area contributed by atoms with Gasteiger partial charge in [-0.25, -0.2) is 23.2 Å². The van der Waals surface area contributed by atoms with Gasteiger partial charge in [0.2, 0.25) is 15.9 Å². The first kappa shape index (κ1) is 42.5. The van der Waals surface area contributed by atoms with Gasteiger partial charge in [0.15, 0.2) is 0 Å². The van der Waals surface area contributed by atoms with Crippen LogP contribution in [0.4, 0.5) is 4.79 Å². The fraction of sp³-hybridized carbons (Fsp3) is 0.489. The van der Waals surface area contributed by atoms with Gasteiger partial charge in [-0.15, -0.1) is 11.3 Å². The predicted molar refractivity (Wildman–Crippen MR) is 233 cm³/mol. The Balaban J connectivity index is 1.14. The van der Waals surface area contributed by atoms with Crippen molar-refractivity contribution in [2.24, 2.45) is 5.92 Å². The fourth-order valence-corrected chi connectivity index (χ4v) is 10.4. The maximum Gasteiger partial charge on any atom is 0.321 e. The second-order valence-corrected chi connectivity index (χ2v) is 20.3. The molecule has 2 aliphatic carbocycles. The van der Waals surface area contributed by atoms with Crippen LogP contribution in [0.1, 0.15) is 89.3 Å². The van der Waals surface area contributed by atoms with E-state index in [1.807, 2.05) is 66.1 Å². The van der Waals surface area contributed by atoms with Crippen molar-refractivity contribution in [3.8, 4) is 28.0 Å². The van der Waals surface area contributed by atoms with Gasteiger partial charge in [0, 0.05) is 48.3 Å².